The van der Waals surface area contributed by atoms with Gasteiger partial charge in [0.2, 0.25) is 0 Å². The zero-order valence-electron chi connectivity index (χ0n) is 15.0. The van der Waals surface area contributed by atoms with Gasteiger partial charge in [0.25, 0.3) is 11.8 Å². The molecule has 0 spiro atoms. The molecule has 0 radical (unpaired) electrons. The van der Waals surface area contributed by atoms with Gasteiger partial charge >= 0.3 is 0 Å². The summed E-state index contributed by atoms with van der Waals surface area (Å²) in [6.45, 7) is 4.16. The van der Waals surface area contributed by atoms with E-state index in [1.54, 1.807) is 29.2 Å². The number of hydrogen-bond donors (Lipinski definition) is 0. The minimum absolute atomic E-state index is 0.199. The molecule has 1 saturated heterocycles. The lowest BCUT2D eigenvalue weighted by Gasteiger charge is -2.19. The third-order valence-corrected chi connectivity index (χ3v) is 6.85. The maximum absolute atomic E-state index is 13.4. The Morgan fingerprint density at radius 1 is 1.00 bits per heavy atom. The molecule has 8 heteroatoms. The van der Waals surface area contributed by atoms with Gasteiger partial charge in [0, 0.05) is 27.7 Å². The van der Waals surface area contributed by atoms with Crippen LogP contribution in [0, 0.1) is 0 Å². The first-order valence-electron chi connectivity index (χ1n) is 8.67. The van der Waals surface area contributed by atoms with E-state index in [2.05, 4.69) is 6.58 Å². The molecule has 0 aliphatic carbocycles. The highest BCUT2D eigenvalue weighted by Crippen LogP contribution is 2.45. The summed E-state index contributed by atoms with van der Waals surface area (Å²) >= 11 is 19.1. The number of halogens is 2. The molecule has 29 heavy (non-hydrogen) atoms. The van der Waals surface area contributed by atoms with Crippen LogP contribution in [-0.4, -0.2) is 27.6 Å². The third-order valence-electron chi connectivity index (χ3n) is 4.69. The molecule has 4 rings (SSSR count). The SMILES string of the molecule is C=CCN1C(=O)C(=C2C(=O)N(Cc3c(Cl)cccc3Cl)c3ccccc32)SC1=S. The summed E-state index contributed by atoms with van der Waals surface area (Å²) in [5, 5.41) is 0.960. The van der Waals surface area contributed by atoms with Gasteiger partial charge < -0.3 is 4.90 Å². The molecule has 146 valence electrons. The van der Waals surface area contributed by atoms with Crippen molar-refractivity contribution >= 4 is 74.6 Å². The van der Waals surface area contributed by atoms with Gasteiger partial charge in [0.1, 0.15) is 4.32 Å². The molecule has 0 aromatic heterocycles. The highest BCUT2D eigenvalue weighted by Gasteiger charge is 2.41. The zero-order chi connectivity index (χ0) is 20.7. The van der Waals surface area contributed by atoms with Crippen molar-refractivity contribution in [3.8, 4) is 0 Å². The molecule has 2 heterocycles. The number of anilines is 1. The van der Waals surface area contributed by atoms with Crippen molar-refractivity contribution < 1.29 is 9.59 Å². The van der Waals surface area contributed by atoms with E-state index >= 15 is 0 Å². The average Bonchev–Trinajstić information content (AvgIpc) is 3.12. The minimum Gasteiger partial charge on any atom is -0.303 e. The summed E-state index contributed by atoms with van der Waals surface area (Å²) in [5.74, 6) is -0.558. The number of nitrogens with zero attached hydrogens (tertiary/aromatic N) is 2. The van der Waals surface area contributed by atoms with E-state index in [-0.39, 0.29) is 18.4 Å². The van der Waals surface area contributed by atoms with Crippen molar-refractivity contribution in [1.29, 1.82) is 0 Å². The lowest BCUT2D eigenvalue weighted by Crippen LogP contribution is -2.29. The van der Waals surface area contributed by atoms with E-state index in [0.717, 1.165) is 11.8 Å². The summed E-state index contributed by atoms with van der Waals surface area (Å²) in [6, 6.07) is 12.6. The predicted molar refractivity (Wildman–Crippen MR) is 123 cm³/mol. The Morgan fingerprint density at radius 3 is 2.38 bits per heavy atom. The van der Waals surface area contributed by atoms with Crippen LogP contribution in [0.1, 0.15) is 11.1 Å². The van der Waals surface area contributed by atoms with E-state index in [1.807, 2.05) is 24.3 Å². The molecule has 0 unspecified atom stereocenters. The van der Waals surface area contributed by atoms with Crippen LogP contribution in [0.4, 0.5) is 5.69 Å². The molecule has 2 aliphatic heterocycles. The second-order valence-corrected chi connectivity index (χ2v) is 8.84. The van der Waals surface area contributed by atoms with Crippen molar-refractivity contribution in [1.82, 2.24) is 4.90 Å². The number of benzene rings is 2. The molecule has 4 nitrogen and oxygen atoms in total. The Labute approximate surface area is 187 Å². The molecule has 2 amide bonds. The van der Waals surface area contributed by atoms with Gasteiger partial charge in [-0.05, 0) is 18.2 Å². The Morgan fingerprint density at radius 2 is 1.69 bits per heavy atom. The summed E-state index contributed by atoms with van der Waals surface area (Å²) < 4.78 is 0.412. The molecule has 0 bridgehead atoms. The normalized spacial score (nSPS) is 18.6. The molecule has 0 N–H and O–H groups in total. The molecule has 2 aromatic carbocycles. The lowest BCUT2D eigenvalue weighted by atomic mass is 10.1. The van der Waals surface area contributed by atoms with E-state index in [1.165, 1.54) is 4.90 Å². The van der Waals surface area contributed by atoms with Crippen LogP contribution in [0.25, 0.3) is 5.57 Å². The Bertz CT molecular complexity index is 1090. The van der Waals surface area contributed by atoms with E-state index in [4.69, 9.17) is 35.4 Å². The fraction of sp³-hybridized carbons (Fsp3) is 0.0952. The molecule has 0 saturated carbocycles. The lowest BCUT2D eigenvalue weighted by molar-refractivity contribution is -0.122. The molecular formula is C21H14Cl2N2O2S2. The summed E-state index contributed by atoms with van der Waals surface area (Å²) in [7, 11) is 0. The first-order chi connectivity index (χ1) is 13.9. The van der Waals surface area contributed by atoms with Crippen LogP contribution in [0.3, 0.4) is 0 Å². The number of thioether (sulfide) groups is 1. The van der Waals surface area contributed by atoms with E-state index < -0.39 is 0 Å². The second-order valence-electron chi connectivity index (χ2n) is 6.39. The maximum Gasteiger partial charge on any atom is 0.267 e. The topological polar surface area (TPSA) is 40.6 Å². The Hall–Kier alpha value is -2.12. The predicted octanol–water partition coefficient (Wildman–Crippen LogP) is 5.30. The smallest absolute Gasteiger partial charge is 0.267 e. The standard InChI is InChI=1S/C21H14Cl2N2O2S2/c1-2-10-24-20(27)18(29-21(24)28)17-12-6-3-4-9-16(12)25(19(17)26)11-13-14(22)7-5-8-15(13)23/h2-9H,1,10-11H2. The van der Waals surface area contributed by atoms with Crippen LogP contribution in [0.2, 0.25) is 10.0 Å². The van der Waals surface area contributed by atoms with Crippen molar-refractivity contribution in [3.63, 3.8) is 0 Å². The molecule has 2 aliphatic rings. The quantitative estimate of drug-likeness (QED) is 0.352. The van der Waals surface area contributed by atoms with Crippen molar-refractivity contribution in [3.05, 3.63) is 81.2 Å². The van der Waals surface area contributed by atoms with Gasteiger partial charge in [-0.2, -0.15) is 0 Å². The molecule has 1 fully saturated rings. The fourth-order valence-electron chi connectivity index (χ4n) is 3.33. The van der Waals surface area contributed by atoms with Gasteiger partial charge in [0.05, 0.1) is 22.7 Å². The zero-order valence-corrected chi connectivity index (χ0v) is 18.2. The van der Waals surface area contributed by atoms with Gasteiger partial charge in [0.15, 0.2) is 0 Å². The Kier molecular flexibility index (Phi) is 5.53. The Balaban J connectivity index is 1.81. The second kappa shape index (κ2) is 7.95. The van der Waals surface area contributed by atoms with Gasteiger partial charge in [-0.3, -0.25) is 14.5 Å². The van der Waals surface area contributed by atoms with E-state index in [0.29, 0.717) is 48.2 Å². The molecular weight excluding hydrogens is 447 g/mol. The van der Waals surface area contributed by atoms with Crippen molar-refractivity contribution in [2.75, 3.05) is 11.4 Å². The maximum atomic E-state index is 13.4. The van der Waals surface area contributed by atoms with Crippen molar-refractivity contribution in [2.45, 2.75) is 6.54 Å². The largest absolute Gasteiger partial charge is 0.303 e. The highest BCUT2D eigenvalue weighted by molar-refractivity contribution is 8.26. The highest BCUT2D eigenvalue weighted by atomic mass is 35.5. The number of amides is 2. The average molecular weight is 461 g/mol. The number of fused-ring (bicyclic) bond motifs is 1. The van der Waals surface area contributed by atoms with Crippen molar-refractivity contribution in [2.24, 2.45) is 0 Å². The first-order valence-corrected chi connectivity index (χ1v) is 10.6. The number of carbonyl (C=O) groups is 2. The minimum atomic E-state index is -0.282. The third kappa shape index (κ3) is 3.40. The monoisotopic (exact) mass is 460 g/mol. The number of carbonyl (C=O) groups excluding carboxylic acids is 2. The first kappa shape index (κ1) is 20.2. The van der Waals surface area contributed by atoms with Crippen LogP contribution in [0.15, 0.2) is 60.0 Å². The van der Waals surface area contributed by atoms with Gasteiger partial charge in [-0.1, -0.05) is 77.5 Å². The fourth-order valence-corrected chi connectivity index (χ4v) is 5.20. The molecule has 2 aromatic rings. The van der Waals surface area contributed by atoms with Crippen LogP contribution < -0.4 is 4.90 Å². The van der Waals surface area contributed by atoms with Crippen LogP contribution in [-0.2, 0) is 16.1 Å². The number of thiocarbonyl (C=S) groups is 1. The number of hydrogen-bond acceptors (Lipinski definition) is 4. The summed E-state index contributed by atoms with van der Waals surface area (Å²) in [5.41, 5.74) is 2.41. The van der Waals surface area contributed by atoms with E-state index in [9.17, 15) is 9.59 Å². The summed E-state index contributed by atoms with van der Waals surface area (Å²) in [6.07, 6.45) is 1.61. The van der Waals surface area contributed by atoms with Crippen LogP contribution in [0.5, 0.6) is 0 Å². The number of rotatable bonds is 4. The summed E-state index contributed by atoms with van der Waals surface area (Å²) in [4.78, 5) is 29.7. The number of para-hydroxylation sites is 1. The van der Waals surface area contributed by atoms with Crippen LogP contribution >= 0.6 is 47.2 Å². The van der Waals surface area contributed by atoms with Gasteiger partial charge in [-0.15, -0.1) is 6.58 Å². The van der Waals surface area contributed by atoms with Gasteiger partial charge in [-0.25, -0.2) is 0 Å². The molecule has 0 atom stereocenters.